The molecule has 10 nitrogen and oxygen atoms in total. The lowest BCUT2D eigenvalue weighted by atomic mass is 10.0. The summed E-state index contributed by atoms with van der Waals surface area (Å²) in [6.45, 7) is 3.70. The summed E-state index contributed by atoms with van der Waals surface area (Å²) >= 11 is 0. The molecule has 0 heterocycles. The minimum atomic E-state index is -1.35. The van der Waals surface area contributed by atoms with Crippen molar-refractivity contribution in [2.24, 2.45) is 11.7 Å². The summed E-state index contributed by atoms with van der Waals surface area (Å²) in [5.41, 5.74) is 5.18. The number of amides is 3. The van der Waals surface area contributed by atoms with E-state index in [0.717, 1.165) is 0 Å². The average Bonchev–Trinajstić information content (AvgIpc) is 2.46. The van der Waals surface area contributed by atoms with Gasteiger partial charge in [0.15, 0.2) is 0 Å². The van der Waals surface area contributed by atoms with Crippen LogP contribution >= 0.6 is 0 Å². The minimum absolute atomic E-state index is 0.290. The van der Waals surface area contributed by atoms with Crippen LogP contribution in [0.2, 0.25) is 0 Å². The third kappa shape index (κ3) is 7.56. The Morgan fingerprint density at radius 2 is 1.57 bits per heavy atom. The quantitative estimate of drug-likeness (QED) is 0.264. The Hall–Kier alpha value is -2.20. The normalized spacial score (nSPS) is 14.5. The van der Waals surface area contributed by atoms with E-state index < -0.39 is 48.4 Å². The molecule has 3 amide bonds. The van der Waals surface area contributed by atoms with Crippen molar-refractivity contribution in [1.82, 2.24) is 16.0 Å². The maximum atomic E-state index is 12.2. The fourth-order valence-corrected chi connectivity index (χ4v) is 1.69. The number of rotatable bonds is 9. The minimum Gasteiger partial charge on any atom is -0.480 e. The van der Waals surface area contributed by atoms with Crippen molar-refractivity contribution in [3.63, 3.8) is 0 Å². The van der Waals surface area contributed by atoms with Crippen molar-refractivity contribution < 1.29 is 29.4 Å². The van der Waals surface area contributed by atoms with E-state index in [1.807, 2.05) is 0 Å². The van der Waals surface area contributed by atoms with Crippen molar-refractivity contribution in [1.29, 1.82) is 0 Å². The summed E-state index contributed by atoms with van der Waals surface area (Å²) in [6, 6.07) is -2.29. The second-order valence-corrected chi connectivity index (χ2v) is 5.33. The lowest BCUT2D eigenvalue weighted by molar-refractivity contribution is -0.139. The molecule has 7 N–H and O–H groups in total. The van der Waals surface area contributed by atoms with Gasteiger partial charge in [0.05, 0.1) is 12.6 Å². The maximum Gasteiger partial charge on any atom is 0.322 e. The molecule has 0 saturated carbocycles. The van der Waals surface area contributed by atoms with Crippen LogP contribution in [0.1, 0.15) is 20.8 Å². The van der Waals surface area contributed by atoms with Crippen LogP contribution in [0, 0.1) is 5.92 Å². The number of carboxylic acids is 1. The number of hydrogen-bond donors (Lipinski definition) is 6. The molecule has 0 aromatic carbocycles. The van der Waals surface area contributed by atoms with Gasteiger partial charge < -0.3 is 31.9 Å². The molecule has 10 heteroatoms. The Bertz CT molecular complexity index is 452. The van der Waals surface area contributed by atoms with Crippen LogP contribution in [0.4, 0.5) is 0 Å². The van der Waals surface area contributed by atoms with E-state index in [4.69, 9.17) is 10.8 Å². The van der Waals surface area contributed by atoms with Crippen LogP contribution < -0.4 is 21.7 Å². The first kappa shape index (κ1) is 20.8. The lowest BCUT2D eigenvalue weighted by Crippen LogP contribution is -2.59. The van der Waals surface area contributed by atoms with Gasteiger partial charge >= 0.3 is 5.97 Å². The Labute approximate surface area is 133 Å². The largest absolute Gasteiger partial charge is 0.480 e. The highest BCUT2D eigenvalue weighted by molar-refractivity contribution is 5.93. The van der Waals surface area contributed by atoms with Crippen molar-refractivity contribution in [2.75, 3.05) is 13.1 Å². The molecule has 0 aromatic rings. The highest BCUT2D eigenvalue weighted by Gasteiger charge is 2.31. The first-order valence-corrected chi connectivity index (χ1v) is 7.07. The molecule has 0 radical (unpaired) electrons. The molecule has 0 aromatic heterocycles. The first-order valence-electron chi connectivity index (χ1n) is 7.07. The van der Waals surface area contributed by atoms with E-state index in [2.05, 4.69) is 16.0 Å². The number of hydrogen-bond acceptors (Lipinski definition) is 6. The van der Waals surface area contributed by atoms with E-state index in [-0.39, 0.29) is 12.5 Å². The zero-order chi connectivity index (χ0) is 18.2. The Balaban J connectivity index is 4.96. The summed E-state index contributed by atoms with van der Waals surface area (Å²) in [5.74, 6) is -3.61. The summed E-state index contributed by atoms with van der Waals surface area (Å²) in [4.78, 5) is 45.9. The summed E-state index contributed by atoms with van der Waals surface area (Å²) < 4.78 is 0. The predicted octanol–water partition coefficient (Wildman–Crippen LogP) is -2.85. The maximum absolute atomic E-state index is 12.2. The van der Waals surface area contributed by atoms with Gasteiger partial charge in [-0.25, -0.2) is 0 Å². The monoisotopic (exact) mass is 332 g/mol. The molecule has 0 aliphatic rings. The fraction of sp³-hybridized carbons (Fsp3) is 0.692. The number of aliphatic hydroxyl groups excluding tert-OH is 1. The molecule has 0 saturated heterocycles. The van der Waals surface area contributed by atoms with Crippen molar-refractivity contribution in [3.8, 4) is 0 Å². The van der Waals surface area contributed by atoms with Crippen molar-refractivity contribution in [3.05, 3.63) is 0 Å². The molecular weight excluding hydrogens is 308 g/mol. The number of aliphatic hydroxyl groups is 1. The van der Waals surface area contributed by atoms with Gasteiger partial charge in [0.1, 0.15) is 18.6 Å². The third-order valence-electron chi connectivity index (χ3n) is 2.93. The Kier molecular flexibility index (Phi) is 8.81. The summed E-state index contributed by atoms with van der Waals surface area (Å²) in [7, 11) is 0. The molecule has 3 atom stereocenters. The van der Waals surface area contributed by atoms with E-state index >= 15 is 0 Å². The van der Waals surface area contributed by atoms with Crippen LogP contribution in [0.3, 0.4) is 0 Å². The molecule has 0 rings (SSSR count). The lowest BCUT2D eigenvalue weighted by Gasteiger charge is -2.26. The van der Waals surface area contributed by atoms with Gasteiger partial charge in [-0.2, -0.15) is 0 Å². The zero-order valence-electron chi connectivity index (χ0n) is 13.3. The van der Waals surface area contributed by atoms with Gasteiger partial charge in [-0.1, -0.05) is 13.8 Å². The van der Waals surface area contributed by atoms with Gasteiger partial charge in [-0.3, -0.25) is 19.2 Å². The SMILES string of the molecule is CC(C)C(NC(=O)CN)C(=O)NC(C(=O)NCC(=O)O)C(C)O. The molecule has 0 bridgehead atoms. The van der Waals surface area contributed by atoms with E-state index in [0.29, 0.717) is 0 Å². The van der Waals surface area contributed by atoms with Crippen molar-refractivity contribution >= 4 is 23.7 Å². The number of carbonyl (C=O) groups is 4. The van der Waals surface area contributed by atoms with Crippen LogP contribution in [0.5, 0.6) is 0 Å². The molecule has 0 aliphatic heterocycles. The fourth-order valence-electron chi connectivity index (χ4n) is 1.69. The third-order valence-corrected chi connectivity index (χ3v) is 2.93. The second kappa shape index (κ2) is 9.74. The highest BCUT2D eigenvalue weighted by Crippen LogP contribution is 2.04. The van der Waals surface area contributed by atoms with Gasteiger partial charge in [-0.05, 0) is 12.8 Å². The van der Waals surface area contributed by atoms with Gasteiger partial charge in [-0.15, -0.1) is 0 Å². The van der Waals surface area contributed by atoms with Crippen LogP contribution in [-0.2, 0) is 19.2 Å². The van der Waals surface area contributed by atoms with Crippen molar-refractivity contribution in [2.45, 2.75) is 39.0 Å². The summed E-state index contributed by atoms with van der Waals surface area (Å²) in [5, 5.41) is 24.9. The number of nitrogens with two attached hydrogens (primary N) is 1. The van der Waals surface area contributed by atoms with Crippen LogP contribution in [0.25, 0.3) is 0 Å². The summed E-state index contributed by atoms with van der Waals surface area (Å²) in [6.07, 6.45) is -1.26. The number of carbonyl (C=O) groups excluding carboxylic acids is 3. The van der Waals surface area contributed by atoms with E-state index in [1.54, 1.807) is 13.8 Å². The molecule has 23 heavy (non-hydrogen) atoms. The Morgan fingerprint density at radius 3 is 1.96 bits per heavy atom. The molecule has 0 aliphatic carbocycles. The van der Waals surface area contributed by atoms with E-state index in [1.165, 1.54) is 6.92 Å². The van der Waals surface area contributed by atoms with Gasteiger partial charge in [0.25, 0.3) is 0 Å². The van der Waals surface area contributed by atoms with Gasteiger partial charge in [0.2, 0.25) is 17.7 Å². The molecular formula is C13H24N4O6. The second-order valence-electron chi connectivity index (χ2n) is 5.33. The first-order chi connectivity index (χ1) is 10.6. The number of carboxylic acid groups (broad SMARTS) is 1. The molecule has 0 spiro atoms. The van der Waals surface area contributed by atoms with Crippen LogP contribution in [0.15, 0.2) is 0 Å². The zero-order valence-corrected chi connectivity index (χ0v) is 13.3. The van der Waals surface area contributed by atoms with Gasteiger partial charge in [0, 0.05) is 0 Å². The highest BCUT2D eigenvalue weighted by atomic mass is 16.4. The number of nitrogens with one attached hydrogen (secondary N) is 3. The van der Waals surface area contributed by atoms with E-state index in [9.17, 15) is 24.3 Å². The average molecular weight is 332 g/mol. The standard InChI is InChI=1S/C13H24N4O6/c1-6(2)10(16-8(19)4-14)13(23)17-11(7(3)18)12(22)15-5-9(20)21/h6-7,10-11,18H,4-5,14H2,1-3H3,(H,15,22)(H,16,19)(H,17,23)(H,20,21). The number of aliphatic carboxylic acids is 1. The molecule has 0 fully saturated rings. The smallest absolute Gasteiger partial charge is 0.322 e. The van der Waals surface area contributed by atoms with Crippen LogP contribution in [-0.4, -0.2) is 65.2 Å². The predicted molar refractivity (Wildman–Crippen MR) is 80.1 cm³/mol. The Morgan fingerprint density at radius 1 is 1.00 bits per heavy atom. The molecule has 132 valence electrons. The topological polar surface area (TPSA) is 171 Å². The molecule has 3 unspecified atom stereocenters.